The molecule has 3 rings (SSSR count). The van der Waals surface area contributed by atoms with Crippen LogP contribution < -0.4 is 10.9 Å². The van der Waals surface area contributed by atoms with Crippen LogP contribution in [0.1, 0.15) is 11.1 Å². The minimum absolute atomic E-state index is 0.0389. The van der Waals surface area contributed by atoms with Gasteiger partial charge in [-0.3, -0.25) is 19.1 Å². The van der Waals surface area contributed by atoms with Crippen LogP contribution in [0, 0.1) is 6.92 Å². The molecule has 1 amide bonds. The minimum atomic E-state index is -0.213. The lowest BCUT2D eigenvalue weighted by Crippen LogP contribution is -2.33. The number of carbonyl (C=O) groups is 1. The van der Waals surface area contributed by atoms with Crippen LogP contribution in [0.15, 0.2) is 53.8 Å². The van der Waals surface area contributed by atoms with Crippen molar-refractivity contribution in [2.24, 2.45) is 0 Å². The van der Waals surface area contributed by atoms with Gasteiger partial charge in [0.2, 0.25) is 5.91 Å². The van der Waals surface area contributed by atoms with Crippen LogP contribution in [-0.2, 0) is 17.8 Å². The number of benzene rings is 1. The molecule has 24 heavy (non-hydrogen) atoms. The summed E-state index contributed by atoms with van der Waals surface area (Å²) in [4.78, 5) is 32.8. The van der Waals surface area contributed by atoms with E-state index in [1.807, 2.05) is 31.2 Å². The van der Waals surface area contributed by atoms with Crippen molar-refractivity contribution in [1.82, 2.24) is 19.9 Å². The van der Waals surface area contributed by atoms with E-state index in [2.05, 4.69) is 15.3 Å². The Hall–Kier alpha value is -3.02. The summed E-state index contributed by atoms with van der Waals surface area (Å²) in [5, 5.41) is 3.34. The van der Waals surface area contributed by atoms with E-state index in [0.717, 1.165) is 11.1 Å². The molecule has 3 aromatic rings. The molecule has 0 aliphatic rings. The Balaban J connectivity index is 1.65. The van der Waals surface area contributed by atoms with Gasteiger partial charge in [-0.2, -0.15) is 0 Å². The van der Waals surface area contributed by atoms with Crippen LogP contribution in [0.3, 0.4) is 0 Å². The number of aryl methyl sites for hydroxylation is 1. The summed E-state index contributed by atoms with van der Waals surface area (Å²) in [7, 11) is 0. The predicted octanol–water partition coefficient (Wildman–Crippen LogP) is 1.46. The van der Waals surface area contributed by atoms with Crippen LogP contribution in [0.25, 0.3) is 10.9 Å². The lowest BCUT2D eigenvalue weighted by Gasteiger charge is -2.08. The maximum atomic E-state index is 12.4. The Bertz CT molecular complexity index is 919. The van der Waals surface area contributed by atoms with Crippen LogP contribution in [0.2, 0.25) is 0 Å². The second-order valence-electron chi connectivity index (χ2n) is 5.61. The number of hydrogen-bond acceptors (Lipinski definition) is 4. The SMILES string of the molecule is Cc1cccc2c(=O)n(CC(=O)NCCc3cccnc3)cnc12. The molecule has 1 aromatic carbocycles. The minimum Gasteiger partial charge on any atom is -0.354 e. The first-order valence-corrected chi connectivity index (χ1v) is 7.75. The molecule has 1 N–H and O–H groups in total. The van der Waals surface area contributed by atoms with Crippen LogP contribution in [-0.4, -0.2) is 27.0 Å². The molecule has 6 nitrogen and oxygen atoms in total. The first-order valence-electron chi connectivity index (χ1n) is 7.75. The third-order valence-electron chi connectivity index (χ3n) is 3.83. The van der Waals surface area contributed by atoms with Gasteiger partial charge in [0.05, 0.1) is 17.2 Å². The topological polar surface area (TPSA) is 76.9 Å². The molecule has 2 aromatic heterocycles. The van der Waals surface area contributed by atoms with Crippen LogP contribution in [0.4, 0.5) is 0 Å². The van der Waals surface area contributed by atoms with Crippen molar-refractivity contribution in [2.45, 2.75) is 19.9 Å². The Morgan fingerprint density at radius 1 is 1.25 bits per heavy atom. The Labute approximate surface area is 139 Å². The maximum Gasteiger partial charge on any atom is 0.261 e. The zero-order valence-electron chi connectivity index (χ0n) is 13.4. The fourth-order valence-electron chi connectivity index (χ4n) is 2.55. The number of para-hydroxylation sites is 1. The number of amides is 1. The highest BCUT2D eigenvalue weighted by atomic mass is 16.2. The molecule has 0 radical (unpaired) electrons. The van der Waals surface area contributed by atoms with Crippen molar-refractivity contribution < 1.29 is 4.79 Å². The number of fused-ring (bicyclic) bond motifs is 1. The van der Waals surface area contributed by atoms with Gasteiger partial charge < -0.3 is 5.32 Å². The Morgan fingerprint density at radius 3 is 2.92 bits per heavy atom. The standard InChI is InChI=1S/C18H18N4O2/c1-13-4-2-6-15-17(13)21-12-22(18(15)24)11-16(23)20-9-7-14-5-3-8-19-10-14/h2-6,8,10,12H,7,9,11H2,1H3,(H,20,23). The summed E-state index contributed by atoms with van der Waals surface area (Å²) >= 11 is 0. The van der Waals surface area contributed by atoms with E-state index in [-0.39, 0.29) is 18.0 Å². The fraction of sp³-hybridized carbons (Fsp3) is 0.222. The number of pyridine rings is 1. The monoisotopic (exact) mass is 322 g/mol. The highest BCUT2D eigenvalue weighted by Gasteiger charge is 2.09. The summed E-state index contributed by atoms with van der Waals surface area (Å²) in [5.41, 5.74) is 2.47. The molecule has 0 saturated heterocycles. The molecular formula is C18H18N4O2. The summed E-state index contributed by atoms with van der Waals surface area (Å²) in [5.74, 6) is -0.213. The van der Waals surface area contributed by atoms with Gasteiger partial charge >= 0.3 is 0 Å². The van der Waals surface area contributed by atoms with Crippen molar-refractivity contribution in [3.05, 3.63) is 70.5 Å². The van der Waals surface area contributed by atoms with E-state index >= 15 is 0 Å². The van der Waals surface area contributed by atoms with Gasteiger partial charge in [-0.05, 0) is 36.6 Å². The van der Waals surface area contributed by atoms with E-state index in [1.54, 1.807) is 18.5 Å². The largest absolute Gasteiger partial charge is 0.354 e. The predicted molar refractivity (Wildman–Crippen MR) is 91.7 cm³/mol. The van der Waals surface area contributed by atoms with Crippen LogP contribution in [0.5, 0.6) is 0 Å². The molecule has 0 atom stereocenters. The molecule has 0 unspecified atom stereocenters. The normalized spacial score (nSPS) is 10.7. The van der Waals surface area contributed by atoms with Gasteiger partial charge in [0.25, 0.3) is 5.56 Å². The second kappa shape index (κ2) is 7.04. The third-order valence-corrected chi connectivity index (χ3v) is 3.83. The molecule has 0 bridgehead atoms. The van der Waals surface area contributed by atoms with E-state index in [4.69, 9.17) is 0 Å². The lowest BCUT2D eigenvalue weighted by molar-refractivity contribution is -0.121. The maximum absolute atomic E-state index is 12.4. The molecule has 6 heteroatoms. The van der Waals surface area contributed by atoms with Crippen molar-refractivity contribution in [2.75, 3.05) is 6.54 Å². The number of nitrogens with zero attached hydrogens (tertiary/aromatic N) is 3. The smallest absolute Gasteiger partial charge is 0.261 e. The van der Waals surface area contributed by atoms with E-state index in [1.165, 1.54) is 10.9 Å². The first-order chi connectivity index (χ1) is 11.6. The van der Waals surface area contributed by atoms with E-state index in [0.29, 0.717) is 23.9 Å². The summed E-state index contributed by atoms with van der Waals surface area (Å²) in [6, 6.07) is 9.27. The van der Waals surface area contributed by atoms with E-state index < -0.39 is 0 Å². The van der Waals surface area contributed by atoms with Crippen molar-refractivity contribution in [3.8, 4) is 0 Å². The van der Waals surface area contributed by atoms with Gasteiger partial charge in [0.1, 0.15) is 6.54 Å². The Kier molecular flexibility index (Phi) is 4.65. The molecule has 2 heterocycles. The van der Waals surface area contributed by atoms with Crippen molar-refractivity contribution >= 4 is 16.8 Å². The molecule has 0 saturated carbocycles. The zero-order valence-corrected chi connectivity index (χ0v) is 13.4. The molecule has 0 aliphatic heterocycles. The average molecular weight is 322 g/mol. The van der Waals surface area contributed by atoms with Crippen LogP contribution >= 0.6 is 0 Å². The molecule has 0 aliphatic carbocycles. The Morgan fingerprint density at radius 2 is 2.12 bits per heavy atom. The molecule has 122 valence electrons. The number of nitrogens with one attached hydrogen (secondary N) is 1. The number of carbonyl (C=O) groups excluding carboxylic acids is 1. The quantitative estimate of drug-likeness (QED) is 0.771. The first kappa shape index (κ1) is 15.9. The molecule has 0 spiro atoms. The zero-order chi connectivity index (χ0) is 16.9. The van der Waals surface area contributed by atoms with Crippen molar-refractivity contribution in [3.63, 3.8) is 0 Å². The third kappa shape index (κ3) is 3.48. The molecule has 0 fully saturated rings. The lowest BCUT2D eigenvalue weighted by atomic mass is 10.1. The van der Waals surface area contributed by atoms with E-state index in [9.17, 15) is 9.59 Å². The molecular weight excluding hydrogens is 304 g/mol. The van der Waals surface area contributed by atoms with Gasteiger partial charge in [0.15, 0.2) is 0 Å². The summed E-state index contributed by atoms with van der Waals surface area (Å²) in [6.45, 7) is 2.37. The van der Waals surface area contributed by atoms with Gasteiger partial charge in [-0.1, -0.05) is 18.2 Å². The van der Waals surface area contributed by atoms with Gasteiger partial charge in [0, 0.05) is 18.9 Å². The van der Waals surface area contributed by atoms with Crippen molar-refractivity contribution in [1.29, 1.82) is 0 Å². The highest BCUT2D eigenvalue weighted by Crippen LogP contribution is 2.11. The van der Waals surface area contributed by atoms with Gasteiger partial charge in [-0.15, -0.1) is 0 Å². The highest BCUT2D eigenvalue weighted by molar-refractivity contribution is 5.81. The average Bonchev–Trinajstić information content (AvgIpc) is 2.59. The number of aromatic nitrogens is 3. The second-order valence-corrected chi connectivity index (χ2v) is 5.61. The fourth-order valence-corrected chi connectivity index (χ4v) is 2.55. The number of hydrogen-bond donors (Lipinski definition) is 1. The van der Waals surface area contributed by atoms with Gasteiger partial charge in [-0.25, -0.2) is 4.98 Å². The summed E-state index contributed by atoms with van der Waals surface area (Å²) < 4.78 is 1.33. The summed E-state index contributed by atoms with van der Waals surface area (Å²) in [6.07, 6.45) is 5.61. The number of rotatable bonds is 5.